The molecule has 3 nitrogen and oxygen atoms in total. The van der Waals surface area contributed by atoms with Gasteiger partial charge in [-0.05, 0) is 18.9 Å². The lowest BCUT2D eigenvalue weighted by molar-refractivity contribution is 0.440. The van der Waals surface area contributed by atoms with Gasteiger partial charge in [-0.2, -0.15) is 0 Å². The Morgan fingerprint density at radius 1 is 1.50 bits per heavy atom. The molecule has 0 saturated heterocycles. The molecule has 1 N–H and O–H groups in total. The molecule has 0 aliphatic heterocycles. The zero-order valence-corrected chi connectivity index (χ0v) is 8.95. The number of hydrogen-bond acceptors (Lipinski definition) is 2. The van der Waals surface area contributed by atoms with Gasteiger partial charge in [0.1, 0.15) is 5.75 Å². The van der Waals surface area contributed by atoms with Crippen LogP contribution in [0, 0.1) is 12.8 Å². The van der Waals surface area contributed by atoms with E-state index in [1.807, 2.05) is 6.92 Å². The van der Waals surface area contributed by atoms with E-state index in [0.717, 1.165) is 18.7 Å². The maximum Gasteiger partial charge on any atom is 0.254 e. The molecule has 0 radical (unpaired) electrons. The summed E-state index contributed by atoms with van der Waals surface area (Å²) in [5.74, 6) is 0.531. The minimum absolute atomic E-state index is 0.0490. The van der Waals surface area contributed by atoms with Crippen molar-refractivity contribution in [1.29, 1.82) is 0 Å². The molecule has 0 bridgehead atoms. The summed E-state index contributed by atoms with van der Waals surface area (Å²) in [6.07, 6.45) is 1.05. The third kappa shape index (κ3) is 2.37. The van der Waals surface area contributed by atoms with E-state index in [1.165, 1.54) is 6.07 Å². The Morgan fingerprint density at radius 2 is 2.14 bits per heavy atom. The quantitative estimate of drug-likeness (QED) is 0.800. The monoisotopic (exact) mass is 195 g/mol. The van der Waals surface area contributed by atoms with E-state index in [4.69, 9.17) is 0 Å². The van der Waals surface area contributed by atoms with Crippen molar-refractivity contribution in [2.75, 3.05) is 0 Å². The SMILES string of the molecule is CC[C@@H](C)Cn1c(C)cc(O)cc1=O. The van der Waals surface area contributed by atoms with E-state index in [0.29, 0.717) is 5.92 Å². The fourth-order valence-corrected chi connectivity index (χ4v) is 1.39. The summed E-state index contributed by atoms with van der Waals surface area (Å²) >= 11 is 0. The molecule has 0 saturated carbocycles. The highest BCUT2D eigenvalue weighted by Crippen LogP contribution is 2.10. The Kier molecular flexibility index (Phi) is 3.33. The highest BCUT2D eigenvalue weighted by Gasteiger charge is 2.05. The van der Waals surface area contributed by atoms with E-state index in [9.17, 15) is 9.90 Å². The van der Waals surface area contributed by atoms with Crippen molar-refractivity contribution in [3.05, 3.63) is 28.2 Å². The molecule has 78 valence electrons. The molecule has 0 amide bonds. The average molecular weight is 195 g/mol. The summed E-state index contributed by atoms with van der Waals surface area (Å²) in [5, 5.41) is 9.20. The van der Waals surface area contributed by atoms with Crippen LogP contribution in [0.4, 0.5) is 0 Å². The number of aromatic hydroxyl groups is 1. The average Bonchev–Trinajstić information content (AvgIpc) is 2.10. The lowest BCUT2D eigenvalue weighted by Gasteiger charge is -2.14. The van der Waals surface area contributed by atoms with Crippen molar-refractivity contribution in [2.24, 2.45) is 5.92 Å². The first-order valence-electron chi connectivity index (χ1n) is 4.95. The van der Waals surface area contributed by atoms with Crippen molar-refractivity contribution in [3.63, 3.8) is 0 Å². The Balaban J connectivity index is 3.03. The van der Waals surface area contributed by atoms with Crippen LogP contribution < -0.4 is 5.56 Å². The van der Waals surface area contributed by atoms with E-state index < -0.39 is 0 Å². The molecule has 0 aliphatic rings. The lowest BCUT2D eigenvalue weighted by atomic mass is 10.1. The van der Waals surface area contributed by atoms with Crippen LogP contribution in [0.5, 0.6) is 5.75 Å². The van der Waals surface area contributed by atoms with E-state index in [-0.39, 0.29) is 11.3 Å². The maximum atomic E-state index is 11.5. The third-order valence-electron chi connectivity index (χ3n) is 2.51. The number of nitrogens with zero attached hydrogens (tertiary/aromatic N) is 1. The topological polar surface area (TPSA) is 42.2 Å². The second kappa shape index (κ2) is 4.31. The number of pyridine rings is 1. The molecule has 0 aliphatic carbocycles. The fourth-order valence-electron chi connectivity index (χ4n) is 1.39. The first-order valence-corrected chi connectivity index (χ1v) is 4.95. The summed E-state index contributed by atoms with van der Waals surface area (Å²) in [5.41, 5.74) is 0.693. The Morgan fingerprint density at radius 3 is 2.64 bits per heavy atom. The van der Waals surface area contributed by atoms with Crippen molar-refractivity contribution in [2.45, 2.75) is 33.7 Å². The molecular formula is C11H17NO2. The van der Waals surface area contributed by atoms with Crippen LogP contribution >= 0.6 is 0 Å². The maximum absolute atomic E-state index is 11.5. The van der Waals surface area contributed by atoms with Crippen molar-refractivity contribution >= 4 is 0 Å². The molecule has 0 unspecified atom stereocenters. The summed E-state index contributed by atoms with van der Waals surface area (Å²) in [6.45, 7) is 6.77. The number of aryl methyl sites for hydroxylation is 1. The third-order valence-corrected chi connectivity index (χ3v) is 2.51. The lowest BCUT2D eigenvalue weighted by Crippen LogP contribution is -2.24. The summed E-state index contributed by atoms with van der Waals surface area (Å²) in [4.78, 5) is 11.5. The Labute approximate surface area is 84.0 Å². The normalized spacial score (nSPS) is 12.8. The minimum atomic E-state index is -0.122. The van der Waals surface area contributed by atoms with Gasteiger partial charge in [0.15, 0.2) is 0 Å². The summed E-state index contributed by atoms with van der Waals surface area (Å²) in [7, 11) is 0. The molecule has 1 heterocycles. The van der Waals surface area contributed by atoms with Gasteiger partial charge >= 0.3 is 0 Å². The van der Waals surface area contributed by atoms with Gasteiger partial charge < -0.3 is 9.67 Å². The zero-order chi connectivity index (χ0) is 10.7. The highest BCUT2D eigenvalue weighted by molar-refractivity contribution is 5.21. The van der Waals surface area contributed by atoms with Gasteiger partial charge in [0, 0.05) is 18.3 Å². The second-order valence-electron chi connectivity index (χ2n) is 3.82. The Hall–Kier alpha value is -1.25. The van der Waals surface area contributed by atoms with Crippen LogP contribution in [0.25, 0.3) is 0 Å². The largest absolute Gasteiger partial charge is 0.508 e. The van der Waals surface area contributed by atoms with Gasteiger partial charge in [0.25, 0.3) is 5.56 Å². The predicted molar refractivity (Wildman–Crippen MR) is 56.6 cm³/mol. The smallest absolute Gasteiger partial charge is 0.254 e. The number of hydrogen-bond donors (Lipinski definition) is 1. The van der Waals surface area contributed by atoms with Crippen molar-refractivity contribution in [3.8, 4) is 5.75 Å². The molecule has 3 heteroatoms. The van der Waals surface area contributed by atoms with Gasteiger partial charge in [0.05, 0.1) is 0 Å². The summed E-state index contributed by atoms with van der Waals surface area (Å²) in [6, 6.07) is 2.87. The van der Waals surface area contributed by atoms with E-state index >= 15 is 0 Å². The van der Waals surface area contributed by atoms with Gasteiger partial charge in [-0.1, -0.05) is 20.3 Å². The van der Waals surface area contributed by atoms with Crippen LogP contribution in [0.2, 0.25) is 0 Å². The second-order valence-corrected chi connectivity index (χ2v) is 3.82. The van der Waals surface area contributed by atoms with Crippen LogP contribution in [0.1, 0.15) is 26.0 Å². The van der Waals surface area contributed by atoms with Gasteiger partial charge in [-0.25, -0.2) is 0 Å². The van der Waals surface area contributed by atoms with Crippen LogP contribution in [0.15, 0.2) is 16.9 Å². The molecule has 14 heavy (non-hydrogen) atoms. The molecule has 1 rings (SSSR count). The molecule has 1 atom stereocenters. The van der Waals surface area contributed by atoms with Crippen molar-refractivity contribution < 1.29 is 5.11 Å². The first-order chi connectivity index (χ1) is 6.54. The molecule has 1 aromatic heterocycles. The molecule has 1 aromatic rings. The zero-order valence-electron chi connectivity index (χ0n) is 8.95. The van der Waals surface area contributed by atoms with Gasteiger partial charge in [-0.15, -0.1) is 0 Å². The fraction of sp³-hybridized carbons (Fsp3) is 0.545. The van der Waals surface area contributed by atoms with E-state index in [1.54, 1.807) is 10.6 Å². The van der Waals surface area contributed by atoms with Gasteiger partial charge in [0.2, 0.25) is 0 Å². The highest BCUT2D eigenvalue weighted by atomic mass is 16.3. The number of rotatable bonds is 3. The standard InChI is InChI=1S/C11H17NO2/c1-4-8(2)7-12-9(3)5-10(13)6-11(12)14/h5-6,8,13H,4,7H2,1-3H3/t8-/m1/s1. The van der Waals surface area contributed by atoms with Crippen LogP contribution in [-0.4, -0.2) is 9.67 Å². The predicted octanol–water partition coefficient (Wildman–Crippen LogP) is 1.91. The van der Waals surface area contributed by atoms with Crippen LogP contribution in [-0.2, 0) is 6.54 Å². The minimum Gasteiger partial charge on any atom is -0.508 e. The molecule has 0 fully saturated rings. The molecule has 0 aromatic carbocycles. The first kappa shape index (κ1) is 10.8. The summed E-state index contributed by atoms with van der Waals surface area (Å²) < 4.78 is 1.70. The van der Waals surface area contributed by atoms with Crippen molar-refractivity contribution in [1.82, 2.24) is 4.57 Å². The number of aromatic nitrogens is 1. The Bertz CT molecular complexity index is 368. The van der Waals surface area contributed by atoms with Crippen LogP contribution in [0.3, 0.4) is 0 Å². The molecular weight excluding hydrogens is 178 g/mol. The van der Waals surface area contributed by atoms with E-state index in [2.05, 4.69) is 13.8 Å². The molecule has 0 spiro atoms. The van der Waals surface area contributed by atoms with Gasteiger partial charge in [-0.3, -0.25) is 4.79 Å².